The van der Waals surface area contributed by atoms with Crippen molar-refractivity contribution in [2.75, 3.05) is 5.32 Å². The van der Waals surface area contributed by atoms with E-state index in [1.54, 1.807) is 24.3 Å². The predicted octanol–water partition coefficient (Wildman–Crippen LogP) is 2.21. The van der Waals surface area contributed by atoms with Gasteiger partial charge in [0.15, 0.2) is 0 Å². The maximum atomic E-state index is 7.27. The minimum absolute atomic E-state index is 0.00722. The Labute approximate surface area is 113 Å². The van der Waals surface area contributed by atoms with E-state index in [0.717, 1.165) is 5.69 Å². The molecule has 4 N–H and O–H groups in total. The van der Waals surface area contributed by atoms with Crippen molar-refractivity contribution in [2.45, 2.75) is 0 Å². The summed E-state index contributed by atoms with van der Waals surface area (Å²) in [5.41, 5.74) is 6.70. The van der Waals surface area contributed by atoms with E-state index in [1.165, 1.54) is 0 Å². The zero-order chi connectivity index (χ0) is 13.1. The number of nitrogens with zero attached hydrogens (tertiary/aromatic N) is 3. The quantitative estimate of drug-likeness (QED) is 0.592. The maximum absolute atomic E-state index is 7.27. The number of benzene rings is 1. The SMILES string of the molecule is N=C(N)c1ccc(Nc2nc(Cl)nc(Cl)n2)cc1. The van der Waals surface area contributed by atoms with Gasteiger partial charge in [0.1, 0.15) is 5.84 Å². The number of aromatic nitrogens is 3. The molecule has 0 aliphatic rings. The van der Waals surface area contributed by atoms with Crippen LogP contribution in [0.15, 0.2) is 24.3 Å². The molecule has 2 aromatic rings. The Morgan fingerprint density at radius 2 is 1.61 bits per heavy atom. The maximum Gasteiger partial charge on any atom is 0.232 e. The van der Waals surface area contributed by atoms with Crippen molar-refractivity contribution >= 4 is 40.7 Å². The lowest BCUT2D eigenvalue weighted by Crippen LogP contribution is -2.10. The molecule has 18 heavy (non-hydrogen) atoms. The molecule has 0 bridgehead atoms. The summed E-state index contributed by atoms with van der Waals surface area (Å²) in [5, 5.41) is 10.2. The average molecular weight is 283 g/mol. The molecule has 6 nitrogen and oxygen atoms in total. The second kappa shape index (κ2) is 5.16. The van der Waals surface area contributed by atoms with E-state index in [4.69, 9.17) is 34.3 Å². The van der Waals surface area contributed by atoms with E-state index < -0.39 is 0 Å². The van der Waals surface area contributed by atoms with Crippen LogP contribution in [0.3, 0.4) is 0 Å². The fraction of sp³-hybridized carbons (Fsp3) is 0. The topological polar surface area (TPSA) is 101 Å². The summed E-state index contributed by atoms with van der Waals surface area (Å²) in [6.07, 6.45) is 0. The first-order valence-corrected chi connectivity index (χ1v) is 5.59. The number of nitrogens with one attached hydrogen (secondary N) is 2. The van der Waals surface area contributed by atoms with E-state index in [1.807, 2.05) is 0 Å². The van der Waals surface area contributed by atoms with Crippen molar-refractivity contribution in [3.8, 4) is 0 Å². The summed E-state index contributed by atoms with van der Waals surface area (Å²) in [6, 6.07) is 6.88. The van der Waals surface area contributed by atoms with Crippen LogP contribution in [0.1, 0.15) is 5.56 Å². The summed E-state index contributed by atoms with van der Waals surface area (Å²) < 4.78 is 0. The van der Waals surface area contributed by atoms with Gasteiger partial charge < -0.3 is 11.1 Å². The predicted molar refractivity (Wildman–Crippen MR) is 70.6 cm³/mol. The van der Waals surface area contributed by atoms with Crippen molar-refractivity contribution in [3.63, 3.8) is 0 Å². The fourth-order valence-corrected chi connectivity index (χ4v) is 1.61. The number of amidine groups is 1. The highest BCUT2D eigenvalue weighted by atomic mass is 35.5. The van der Waals surface area contributed by atoms with Crippen molar-refractivity contribution < 1.29 is 0 Å². The molecule has 2 rings (SSSR count). The Morgan fingerprint density at radius 1 is 1.06 bits per heavy atom. The molecule has 0 atom stereocenters. The second-order valence-electron chi connectivity index (χ2n) is 3.31. The fourth-order valence-electron chi connectivity index (χ4n) is 1.24. The molecule has 92 valence electrons. The Hall–Kier alpha value is -1.92. The first-order chi connectivity index (χ1) is 8.54. The van der Waals surface area contributed by atoms with E-state index in [-0.39, 0.29) is 22.4 Å². The smallest absolute Gasteiger partial charge is 0.232 e. The second-order valence-corrected chi connectivity index (χ2v) is 3.99. The van der Waals surface area contributed by atoms with Crippen LogP contribution in [0, 0.1) is 5.41 Å². The van der Waals surface area contributed by atoms with E-state index in [2.05, 4.69) is 20.3 Å². The van der Waals surface area contributed by atoms with Crippen molar-refractivity contribution in [1.29, 1.82) is 5.41 Å². The normalized spacial score (nSPS) is 10.1. The third kappa shape index (κ3) is 3.06. The highest BCUT2D eigenvalue weighted by molar-refractivity contribution is 6.31. The van der Waals surface area contributed by atoms with Gasteiger partial charge in [-0.3, -0.25) is 5.41 Å². The molecule has 8 heteroatoms. The van der Waals surface area contributed by atoms with E-state index >= 15 is 0 Å². The third-order valence-corrected chi connectivity index (χ3v) is 2.37. The molecule has 0 aliphatic carbocycles. The zero-order valence-corrected chi connectivity index (χ0v) is 10.5. The van der Waals surface area contributed by atoms with Gasteiger partial charge in [0.2, 0.25) is 16.5 Å². The molecule has 1 heterocycles. The van der Waals surface area contributed by atoms with Crippen LogP contribution in [0.5, 0.6) is 0 Å². The molecule has 0 aliphatic heterocycles. The minimum Gasteiger partial charge on any atom is -0.384 e. The lowest BCUT2D eigenvalue weighted by atomic mass is 10.2. The Balaban J connectivity index is 2.20. The van der Waals surface area contributed by atoms with Crippen LogP contribution in [0.25, 0.3) is 0 Å². The molecule has 0 radical (unpaired) electrons. The van der Waals surface area contributed by atoms with Gasteiger partial charge in [-0.2, -0.15) is 15.0 Å². The standard InChI is InChI=1S/C10H8Cl2N6/c11-8-16-9(12)18-10(17-8)15-6-3-1-5(2-4-6)7(13)14/h1-4H,(H3,13,14)(H,15,16,17,18). The molecular weight excluding hydrogens is 275 g/mol. The van der Waals surface area contributed by atoms with Gasteiger partial charge in [0.05, 0.1) is 0 Å². The number of rotatable bonds is 3. The molecule has 0 fully saturated rings. The summed E-state index contributed by atoms with van der Waals surface area (Å²) in [7, 11) is 0. The molecular formula is C10H8Cl2N6. The van der Waals surface area contributed by atoms with E-state index in [9.17, 15) is 0 Å². The third-order valence-electron chi connectivity index (χ3n) is 2.03. The number of hydrogen-bond donors (Lipinski definition) is 3. The number of halogens is 2. The first kappa shape index (κ1) is 12.5. The van der Waals surface area contributed by atoms with Crippen LogP contribution < -0.4 is 11.1 Å². The van der Waals surface area contributed by atoms with Gasteiger partial charge in [-0.05, 0) is 47.5 Å². The van der Waals surface area contributed by atoms with Crippen LogP contribution in [0.4, 0.5) is 11.6 Å². The zero-order valence-electron chi connectivity index (χ0n) is 8.98. The molecule has 0 spiro atoms. The van der Waals surface area contributed by atoms with E-state index in [0.29, 0.717) is 5.56 Å². The lowest BCUT2D eigenvalue weighted by molar-refractivity contribution is 1.05. The van der Waals surface area contributed by atoms with Gasteiger partial charge >= 0.3 is 0 Å². The van der Waals surface area contributed by atoms with Crippen molar-refractivity contribution in [2.24, 2.45) is 5.73 Å². The Kier molecular flexibility index (Phi) is 3.59. The van der Waals surface area contributed by atoms with Crippen molar-refractivity contribution in [3.05, 3.63) is 40.4 Å². The van der Waals surface area contributed by atoms with Gasteiger partial charge in [0.25, 0.3) is 0 Å². The van der Waals surface area contributed by atoms with Crippen LogP contribution >= 0.6 is 23.2 Å². The van der Waals surface area contributed by atoms with Crippen LogP contribution in [-0.4, -0.2) is 20.8 Å². The van der Waals surface area contributed by atoms with Gasteiger partial charge in [0, 0.05) is 11.3 Å². The molecule has 0 amide bonds. The molecule has 0 unspecified atom stereocenters. The number of hydrogen-bond acceptors (Lipinski definition) is 5. The van der Waals surface area contributed by atoms with Gasteiger partial charge in [-0.25, -0.2) is 0 Å². The molecule has 1 aromatic carbocycles. The Bertz CT molecular complexity index is 563. The molecule has 1 aromatic heterocycles. The number of nitrogens with two attached hydrogens (primary N) is 1. The number of anilines is 2. The average Bonchev–Trinajstić information content (AvgIpc) is 2.28. The number of nitrogen functional groups attached to an aromatic ring is 1. The minimum atomic E-state index is 0.00722. The highest BCUT2D eigenvalue weighted by Crippen LogP contribution is 2.16. The molecule has 0 saturated heterocycles. The monoisotopic (exact) mass is 282 g/mol. The summed E-state index contributed by atoms with van der Waals surface area (Å²) in [5.74, 6) is 0.253. The Morgan fingerprint density at radius 3 is 2.11 bits per heavy atom. The lowest BCUT2D eigenvalue weighted by Gasteiger charge is -2.05. The summed E-state index contributed by atoms with van der Waals surface area (Å²) in [4.78, 5) is 11.4. The summed E-state index contributed by atoms with van der Waals surface area (Å²) >= 11 is 11.3. The van der Waals surface area contributed by atoms with Gasteiger partial charge in [-0.15, -0.1) is 0 Å². The van der Waals surface area contributed by atoms with Crippen molar-refractivity contribution in [1.82, 2.24) is 15.0 Å². The van der Waals surface area contributed by atoms with Gasteiger partial charge in [-0.1, -0.05) is 0 Å². The van der Waals surface area contributed by atoms with Crippen LogP contribution in [-0.2, 0) is 0 Å². The first-order valence-electron chi connectivity index (χ1n) is 4.83. The highest BCUT2D eigenvalue weighted by Gasteiger charge is 2.04. The largest absolute Gasteiger partial charge is 0.384 e. The van der Waals surface area contributed by atoms with Crippen LogP contribution in [0.2, 0.25) is 10.6 Å². The summed E-state index contributed by atoms with van der Waals surface area (Å²) in [6.45, 7) is 0. The molecule has 0 saturated carbocycles.